The Morgan fingerprint density at radius 1 is 1.16 bits per heavy atom. The van der Waals surface area contributed by atoms with Gasteiger partial charge in [0.15, 0.2) is 5.82 Å². The lowest BCUT2D eigenvalue weighted by atomic mass is 10.0. The van der Waals surface area contributed by atoms with Crippen molar-refractivity contribution in [2.75, 3.05) is 24.2 Å². The zero-order valence-corrected chi connectivity index (χ0v) is 19.9. The van der Waals surface area contributed by atoms with Gasteiger partial charge in [0.25, 0.3) is 0 Å². The molecule has 0 aromatic carbocycles. The van der Waals surface area contributed by atoms with E-state index in [0.29, 0.717) is 67.0 Å². The Bertz CT molecular complexity index is 1020. The Hall–Kier alpha value is -2.56. The second-order valence-corrected chi connectivity index (χ2v) is 9.83. The Balaban J connectivity index is 1.89. The van der Waals surface area contributed by atoms with Gasteiger partial charge >= 0.3 is 11.8 Å². The summed E-state index contributed by atoms with van der Waals surface area (Å²) in [7, 11) is 0.750. The molecule has 1 N–H and O–H groups in total. The van der Waals surface area contributed by atoms with E-state index in [1.54, 1.807) is 23.3 Å². The highest BCUT2D eigenvalue weighted by atomic mass is 32.2. The van der Waals surface area contributed by atoms with Crippen molar-refractivity contribution in [2.24, 2.45) is 7.05 Å². The topological polar surface area (TPSA) is 115 Å². The van der Waals surface area contributed by atoms with Gasteiger partial charge in [-0.2, -0.15) is 9.78 Å². The van der Waals surface area contributed by atoms with E-state index in [4.69, 9.17) is 0 Å². The van der Waals surface area contributed by atoms with Crippen molar-refractivity contribution in [1.82, 2.24) is 29.4 Å². The predicted octanol–water partition coefficient (Wildman–Crippen LogP) is 1.27. The minimum atomic E-state index is -1.01. The fourth-order valence-corrected chi connectivity index (χ4v) is 5.86. The molecule has 31 heavy (non-hydrogen) atoms. The monoisotopic (exact) mass is 449 g/mol. The van der Waals surface area contributed by atoms with Crippen LogP contribution in [0.2, 0.25) is 0 Å². The molecule has 0 radical (unpaired) electrons. The van der Waals surface area contributed by atoms with E-state index in [1.807, 2.05) is 27.7 Å². The van der Waals surface area contributed by atoms with Crippen molar-refractivity contribution in [2.45, 2.75) is 58.6 Å². The van der Waals surface area contributed by atoms with E-state index >= 15 is 0 Å². The lowest BCUT2D eigenvalue weighted by molar-refractivity contribution is -0.143. The van der Waals surface area contributed by atoms with Crippen LogP contribution in [0.5, 0.6) is 0 Å². The van der Waals surface area contributed by atoms with Gasteiger partial charge in [-0.3, -0.25) is 13.8 Å². The van der Waals surface area contributed by atoms with Crippen LogP contribution in [-0.2, 0) is 33.9 Å². The third-order valence-corrected chi connectivity index (χ3v) is 8.24. The summed E-state index contributed by atoms with van der Waals surface area (Å²) in [5.41, 5.74) is 1.11. The van der Waals surface area contributed by atoms with Crippen LogP contribution >= 0.6 is 0 Å². The minimum absolute atomic E-state index is 0.308. The molecule has 1 aliphatic rings. The predicted molar refractivity (Wildman–Crippen MR) is 119 cm³/mol. The fraction of sp³-hybridized carbons (Fsp3) is 0.650. The van der Waals surface area contributed by atoms with Gasteiger partial charge in [0.05, 0.1) is 10.4 Å². The van der Waals surface area contributed by atoms with Crippen molar-refractivity contribution >= 4 is 28.3 Å². The quantitative estimate of drug-likeness (QED) is 0.688. The summed E-state index contributed by atoms with van der Waals surface area (Å²) < 4.78 is 15.4. The van der Waals surface area contributed by atoms with Gasteiger partial charge in [0, 0.05) is 36.7 Å². The molecule has 2 aromatic rings. The molecule has 1 unspecified atom stereocenters. The highest BCUT2D eigenvalue weighted by Gasteiger charge is 2.41. The molecule has 2 aromatic heterocycles. The summed E-state index contributed by atoms with van der Waals surface area (Å²) in [5, 5.41) is 11.7. The average Bonchev–Trinajstić information content (AvgIpc) is 3.24. The molecule has 2 amide bonds. The molecule has 1 saturated heterocycles. The van der Waals surface area contributed by atoms with E-state index in [0.717, 1.165) is 0 Å². The van der Waals surface area contributed by atoms with Crippen LogP contribution < -0.4 is 5.32 Å². The molecular weight excluding hydrogens is 418 g/mol. The lowest BCUT2D eigenvalue weighted by Gasteiger charge is -2.40. The van der Waals surface area contributed by atoms with Gasteiger partial charge in [-0.25, -0.2) is 9.67 Å². The highest BCUT2D eigenvalue weighted by molar-refractivity contribution is 7.86. The first-order valence-electron chi connectivity index (χ1n) is 10.6. The smallest absolute Gasteiger partial charge is 0.314 e. The van der Waals surface area contributed by atoms with Crippen LogP contribution in [-0.4, -0.2) is 69.1 Å². The van der Waals surface area contributed by atoms with E-state index < -0.39 is 27.4 Å². The number of aromatic nitrogens is 5. The maximum absolute atomic E-state index is 13.0. The summed E-state index contributed by atoms with van der Waals surface area (Å²) in [5.74, 6) is 0.836. The van der Waals surface area contributed by atoms with Crippen LogP contribution in [0, 0.1) is 13.8 Å². The molecule has 3 rings (SSSR count). The molecule has 3 heterocycles. The summed E-state index contributed by atoms with van der Waals surface area (Å²) in [6.45, 7) is 10.1. The lowest BCUT2D eigenvalue weighted by Crippen LogP contribution is -2.56. The van der Waals surface area contributed by atoms with Crippen molar-refractivity contribution < 1.29 is 13.8 Å². The van der Waals surface area contributed by atoms with Crippen molar-refractivity contribution in [3.05, 3.63) is 17.3 Å². The van der Waals surface area contributed by atoms with Crippen LogP contribution in [0.1, 0.15) is 51.0 Å². The summed E-state index contributed by atoms with van der Waals surface area (Å²) in [4.78, 5) is 31.8. The second-order valence-electron chi connectivity index (χ2n) is 7.86. The first-order chi connectivity index (χ1) is 14.7. The molecule has 0 saturated carbocycles. The molecule has 0 bridgehead atoms. The Labute approximate surface area is 184 Å². The molecule has 0 aliphatic carbocycles. The van der Waals surface area contributed by atoms with Crippen LogP contribution in [0.15, 0.2) is 0 Å². The van der Waals surface area contributed by atoms with E-state index in [2.05, 4.69) is 20.5 Å². The summed E-state index contributed by atoms with van der Waals surface area (Å²) in [6, 6.07) is 0. The molecule has 11 heteroatoms. The summed E-state index contributed by atoms with van der Waals surface area (Å²) >= 11 is 0. The van der Waals surface area contributed by atoms with E-state index in [1.165, 1.54) is 4.90 Å². The number of carbonyl (C=O) groups is 2. The third-order valence-electron chi connectivity index (χ3n) is 6.02. The summed E-state index contributed by atoms with van der Waals surface area (Å²) in [6.07, 6.45) is 1.96. The molecule has 1 aliphatic heterocycles. The van der Waals surface area contributed by atoms with Crippen molar-refractivity contribution in [3.8, 4) is 5.82 Å². The molecular formula is C20H31N7O3S. The van der Waals surface area contributed by atoms with Crippen molar-refractivity contribution in [1.29, 1.82) is 0 Å². The number of amides is 2. The molecule has 1 atom stereocenters. The third kappa shape index (κ3) is 4.15. The van der Waals surface area contributed by atoms with E-state index in [9.17, 15) is 13.8 Å². The van der Waals surface area contributed by atoms with Crippen molar-refractivity contribution in [3.63, 3.8) is 0 Å². The minimum Gasteiger partial charge on any atom is -0.332 e. The number of rotatable bonds is 5. The number of anilines is 1. The molecule has 170 valence electrons. The molecule has 1 fully saturated rings. The van der Waals surface area contributed by atoms with Gasteiger partial charge in [-0.05, 0) is 33.1 Å². The first-order valence-corrected chi connectivity index (χ1v) is 11.9. The van der Waals surface area contributed by atoms with E-state index in [-0.39, 0.29) is 0 Å². The second kappa shape index (κ2) is 8.89. The normalized spacial score (nSPS) is 18.3. The van der Waals surface area contributed by atoms with Crippen LogP contribution in [0.4, 0.5) is 5.69 Å². The number of carbonyl (C=O) groups excluding carboxylic acids is 2. The standard InChI is InChI=1S/C20H31N7O3S/c1-7-15-16(18(25(6)24-15)27-14(5)21-13(4)23-27)22-17(28)19(29)26-10-11-31(30)20(8-2,9-3)12-26/h7-12H2,1-6H3,(H,22,28). The zero-order valence-electron chi connectivity index (χ0n) is 19.1. The number of nitrogens with zero attached hydrogens (tertiary/aromatic N) is 6. The maximum Gasteiger partial charge on any atom is 0.314 e. The number of aryl methyl sites for hydroxylation is 4. The van der Waals surface area contributed by atoms with Gasteiger partial charge < -0.3 is 10.2 Å². The van der Waals surface area contributed by atoms with Gasteiger partial charge in [0.2, 0.25) is 0 Å². The van der Waals surface area contributed by atoms with Crippen LogP contribution in [0.25, 0.3) is 5.82 Å². The van der Waals surface area contributed by atoms with Gasteiger partial charge in [0.1, 0.15) is 17.3 Å². The fourth-order valence-electron chi connectivity index (χ4n) is 4.10. The zero-order chi connectivity index (χ0) is 22.9. The Morgan fingerprint density at radius 2 is 1.84 bits per heavy atom. The van der Waals surface area contributed by atoms with Crippen LogP contribution in [0.3, 0.4) is 0 Å². The number of nitrogens with one attached hydrogen (secondary N) is 1. The Kier molecular flexibility index (Phi) is 6.63. The first kappa shape index (κ1) is 23.1. The molecule has 10 nitrogen and oxygen atoms in total. The maximum atomic E-state index is 13.0. The highest BCUT2D eigenvalue weighted by Crippen LogP contribution is 2.29. The average molecular weight is 450 g/mol. The van der Waals surface area contributed by atoms with Gasteiger partial charge in [-0.15, -0.1) is 5.10 Å². The Morgan fingerprint density at radius 3 is 2.39 bits per heavy atom. The molecule has 0 spiro atoms. The SMILES string of the molecule is CCc1nn(C)c(-n2nc(C)nc2C)c1NC(=O)C(=O)N1CCS(=O)C(CC)(CC)C1. The number of hydrogen-bond acceptors (Lipinski definition) is 6. The van der Waals surface area contributed by atoms with Gasteiger partial charge in [-0.1, -0.05) is 20.8 Å². The largest absolute Gasteiger partial charge is 0.332 e. The number of hydrogen-bond donors (Lipinski definition) is 1.